The van der Waals surface area contributed by atoms with E-state index in [1.165, 1.54) is 5.56 Å². The molecule has 5 heteroatoms. The lowest BCUT2D eigenvalue weighted by molar-refractivity contribution is 0.0303. The first-order chi connectivity index (χ1) is 12.6. The van der Waals surface area contributed by atoms with Crippen molar-refractivity contribution in [2.45, 2.75) is 25.4 Å². The molecule has 26 heavy (non-hydrogen) atoms. The number of benzene rings is 2. The fourth-order valence-corrected chi connectivity index (χ4v) is 5.24. The first-order valence-corrected chi connectivity index (χ1v) is 10.8. The van der Waals surface area contributed by atoms with Gasteiger partial charge in [0, 0.05) is 20.2 Å². The van der Waals surface area contributed by atoms with E-state index in [0.717, 1.165) is 18.4 Å². The van der Waals surface area contributed by atoms with Gasteiger partial charge in [-0.25, -0.2) is 12.7 Å². The molecule has 0 bridgehead atoms. The zero-order chi connectivity index (χ0) is 18.4. The lowest BCUT2D eigenvalue weighted by atomic mass is 9.88. The Labute approximate surface area is 156 Å². The fraction of sp³-hybridized carbons (Fsp3) is 0.429. The van der Waals surface area contributed by atoms with E-state index in [-0.39, 0.29) is 11.9 Å². The van der Waals surface area contributed by atoms with Crippen LogP contribution in [0.2, 0.25) is 0 Å². The third-order valence-corrected chi connectivity index (χ3v) is 7.07. The summed E-state index contributed by atoms with van der Waals surface area (Å²) in [5.41, 5.74) is 2.23. The van der Waals surface area contributed by atoms with Gasteiger partial charge in [-0.05, 0) is 36.3 Å². The summed E-state index contributed by atoms with van der Waals surface area (Å²) in [6.45, 7) is 1.16. The summed E-state index contributed by atoms with van der Waals surface area (Å²) in [6, 6.07) is 20.0. The Morgan fingerprint density at radius 1 is 1.00 bits per heavy atom. The standard InChI is InChI=1S/C21H27NO3S/c1-25-21(19-10-6-3-7-11-19)20-12-15-22(16-13-20)26(23,24)17-14-18-8-4-2-5-9-18/h2-11,20-21H,12-17H2,1H3. The van der Waals surface area contributed by atoms with Crippen LogP contribution in [-0.2, 0) is 21.2 Å². The Bertz CT molecular complexity index is 769. The molecule has 4 nitrogen and oxygen atoms in total. The summed E-state index contributed by atoms with van der Waals surface area (Å²) in [5.74, 6) is 0.525. The molecule has 0 radical (unpaired) electrons. The second kappa shape index (κ2) is 8.80. The predicted octanol–water partition coefficient (Wildman–Crippen LogP) is 3.66. The number of rotatable bonds is 7. The molecule has 1 aliphatic heterocycles. The largest absolute Gasteiger partial charge is 0.376 e. The van der Waals surface area contributed by atoms with Gasteiger partial charge in [-0.3, -0.25) is 0 Å². The molecule has 1 saturated heterocycles. The van der Waals surface area contributed by atoms with Gasteiger partial charge in [0.25, 0.3) is 0 Å². The van der Waals surface area contributed by atoms with Crippen LogP contribution in [0.4, 0.5) is 0 Å². The summed E-state index contributed by atoms with van der Waals surface area (Å²) in [4.78, 5) is 0. The molecule has 1 aliphatic rings. The second-order valence-corrected chi connectivity index (χ2v) is 8.94. The minimum Gasteiger partial charge on any atom is -0.376 e. The van der Waals surface area contributed by atoms with Gasteiger partial charge < -0.3 is 4.74 Å². The molecule has 1 unspecified atom stereocenters. The molecule has 1 heterocycles. The molecule has 2 aromatic rings. The van der Waals surface area contributed by atoms with Crippen molar-refractivity contribution in [1.82, 2.24) is 4.31 Å². The topological polar surface area (TPSA) is 46.6 Å². The van der Waals surface area contributed by atoms with Gasteiger partial charge in [-0.15, -0.1) is 0 Å². The molecule has 0 amide bonds. The van der Waals surface area contributed by atoms with Gasteiger partial charge in [0.2, 0.25) is 10.0 Å². The number of nitrogens with zero attached hydrogens (tertiary/aromatic N) is 1. The van der Waals surface area contributed by atoms with E-state index in [0.29, 0.717) is 25.4 Å². The molecule has 0 saturated carbocycles. The normalized spacial score (nSPS) is 17.9. The van der Waals surface area contributed by atoms with E-state index in [1.54, 1.807) is 11.4 Å². The third-order valence-electron chi connectivity index (χ3n) is 5.19. The van der Waals surface area contributed by atoms with Crippen LogP contribution in [0.3, 0.4) is 0 Å². The van der Waals surface area contributed by atoms with Crippen LogP contribution in [0.25, 0.3) is 0 Å². The van der Waals surface area contributed by atoms with Crippen LogP contribution in [-0.4, -0.2) is 38.7 Å². The molecule has 0 aromatic heterocycles. The number of aryl methyl sites for hydroxylation is 1. The first kappa shape index (κ1) is 19.1. The first-order valence-electron chi connectivity index (χ1n) is 9.19. The average Bonchev–Trinajstić information content (AvgIpc) is 2.69. The molecule has 1 atom stereocenters. The van der Waals surface area contributed by atoms with Gasteiger partial charge in [0.1, 0.15) is 0 Å². The van der Waals surface area contributed by atoms with Crippen LogP contribution < -0.4 is 0 Å². The lowest BCUT2D eigenvalue weighted by Gasteiger charge is -2.35. The van der Waals surface area contributed by atoms with Crippen molar-refractivity contribution in [2.24, 2.45) is 5.92 Å². The Balaban J connectivity index is 1.57. The van der Waals surface area contributed by atoms with Gasteiger partial charge in [0.05, 0.1) is 11.9 Å². The van der Waals surface area contributed by atoms with Crippen LogP contribution >= 0.6 is 0 Å². The van der Waals surface area contributed by atoms with Crippen molar-refractivity contribution in [3.8, 4) is 0 Å². The van der Waals surface area contributed by atoms with Crippen molar-refractivity contribution in [2.75, 3.05) is 26.0 Å². The predicted molar refractivity (Wildman–Crippen MR) is 104 cm³/mol. The zero-order valence-electron chi connectivity index (χ0n) is 15.3. The number of piperidine rings is 1. The number of sulfonamides is 1. The highest BCUT2D eigenvalue weighted by molar-refractivity contribution is 7.89. The Hall–Kier alpha value is -1.69. The summed E-state index contributed by atoms with van der Waals surface area (Å²) in [5, 5.41) is 0. The smallest absolute Gasteiger partial charge is 0.214 e. The lowest BCUT2D eigenvalue weighted by Crippen LogP contribution is -2.41. The quantitative estimate of drug-likeness (QED) is 0.744. The maximum atomic E-state index is 12.7. The second-order valence-electron chi connectivity index (χ2n) is 6.86. The van der Waals surface area contributed by atoms with E-state index in [2.05, 4.69) is 12.1 Å². The van der Waals surface area contributed by atoms with Gasteiger partial charge in [0.15, 0.2) is 0 Å². The van der Waals surface area contributed by atoms with Crippen molar-refractivity contribution in [3.05, 3.63) is 71.8 Å². The highest BCUT2D eigenvalue weighted by atomic mass is 32.2. The zero-order valence-corrected chi connectivity index (χ0v) is 16.1. The van der Waals surface area contributed by atoms with E-state index in [1.807, 2.05) is 48.5 Å². The molecule has 0 N–H and O–H groups in total. The minimum absolute atomic E-state index is 0.0328. The summed E-state index contributed by atoms with van der Waals surface area (Å²) >= 11 is 0. The molecule has 0 spiro atoms. The van der Waals surface area contributed by atoms with E-state index in [9.17, 15) is 8.42 Å². The van der Waals surface area contributed by atoms with E-state index in [4.69, 9.17) is 4.74 Å². The van der Waals surface area contributed by atoms with Gasteiger partial charge in [-0.2, -0.15) is 0 Å². The average molecular weight is 374 g/mol. The maximum absolute atomic E-state index is 12.7. The highest BCUT2D eigenvalue weighted by Gasteiger charge is 2.32. The van der Waals surface area contributed by atoms with E-state index >= 15 is 0 Å². The Morgan fingerprint density at radius 3 is 2.15 bits per heavy atom. The monoisotopic (exact) mass is 373 g/mol. The molecule has 3 rings (SSSR count). The van der Waals surface area contributed by atoms with Crippen LogP contribution in [0.1, 0.15) is 30.1 Å². The van der Waals surface area contributed by atoms with Gasteiger partial charge >= 0.3 is 0 Å². The van der Waals surface area contributed by atoms with Crippen LogP contribution in [0.15, 0.2) is 60.7 Å². The van der Waals surface area contributed by atoms with Crippen molar-refractivity contribution in [3.63, 3.8) is 0 Å². The Kier molecular flexibility index (Phi) is 6.46. The molecular formula is C21H27NO3S. The Morgan fingerprint density at radius 2 is 1.58 bits per heavy atom. The number of hydrogen-bond donors (Lipinski definition) is 0. The van der Waals surface area contributed by atoms with Crippen molar-refractivity contribution in [1.29, 1.82) is 0 Å². The van der Waals surface area contributed by atoms with Crippen molar-refractivity contribution < 1.29 is 13.2 Å². The fourth-order valence-electron chi connectivity index (χ4n) is 3.72. The molecule has 2 aromatic carbocycles. The summed E-state index contributed by atoms with van der Waals surface area (Å²) in [7, 11) is -1.47. The molecule has 140 valence electrons. The minimum atomic E-state index is -3.21. The summed E-state index contributed by atoms with van der Waals surface area (Å²) in [6.07, 6.45) is 2.26. The number of methoxy groups -OCH3 is 1. The van der Waals surface area contributed by atoms with Crippen molar-refractivity contribution >= 4 is 10.0 Å². The number of hydrogen-bond acceptors (Lipinski definition) is 3. The SMILES string of the molecule is COC(c1ccccc1)C1CCN(S(=O)(=O)CCc2ccccc2)CC1. The maximum Gasteiger partial charge on any atom is 0.214 e. The highest BCUT2D eigenvalue weighted by Crippen LogP contribution is 2.33. The molecule has 0 aliphatic carbocycles. The summed E-state index contributed by atoms with van der Waals surface area (Å²) < 4.78 is 32.7. The van der Waals surface area contributed by atoms with Crippen LogP contribution in [0, 0.1) is 5.92 Å². The van der Waals surface area contributed by atoms with Crippen LogP contribution in [0.5, 0.6) is 0 Å². The third kappa shape index (κ3) is 4.72. The van der Waals surface area contributed by atoms with Gasteiger partial charge in [-0.1, -0.05) is 60.7 Å². The molecular weight excluding hydrogens is 346 g/mol. The number of ether oxygens (including phenoxy) is 1. The van der Waals surface area contributed by atoms with E-state index < -0.39 is 10.0 Å². The molecule has 1 fully saturated rings.